The van der Waals surface area contributed by atoms with Crippen LogP contribution in [0.15, 0.2) is 48.0 Å². The molecular weight excluding hydrogens is 382 g/mol. The first-order valence-corrected chi connectivity index (χ1v) is 9.67. The predicted molar refractivity (Wildman–Crippen MR) is 113 cm³/mol. The van der Waals surface area contributed by atoms with Crippen molar-refractivity contribution in [1.82, 2.24) is 0 Å². The van der Waals surface area contributed by atoms with Crippen molar-refractivity contribution < 1.29 is 23.8 Å². The molecule has 2 aromatic rings. The van der Waals surface area contributed by atoms with Gasteiger partial charge < -0.3 is 14.2 Å². The number of hydrogen-bond acceptors (Lipinski definition) is 6. The smallest absolute Gasteiger partial charge is 0.349 e. The lowest BCUT2D eigenvalue weighted by Crippen LogP contribution is -2.18. The average molecular weight is 407 g/mol. The van der Waals surface area contributed by atoms with E-state index in [1.165, 1.54) is 6.08 Å². The number of rotatable bonds is 8. The van der Waals surface area contributed by atoms with Crippen molar-refractivity contribution >= 4 is 18.0 Å². The van der Waals surface area contributed by atoms with Crippen LogP contribution in [-0.2, 0) is 14.3 Å². The molecular formula is C24H25NO5. The Hall–Kier alpha value is -3.59. The van der Waals surface area contributed by atoms with Crippen molar-refractivity contribution in [2.45, 2.75) is 33.6 Å². The zero-order valence-corrected chi connectivity index (χ0v) is 17.6. The van der Waals surface area contributed by atoms with Gasteiger partial charge in [-0.15, -0.1) is 0 Å². The molecule has 0 saturated heterocycles. The maximum absolute atomic E-state index is 12.2. The number of carbonyl (C=O) groups is 2. The van der Waals surface area contributed by atoms with Crippen LogP contribution in [0.25, 0.3) is 6.08 Å². The van der Waals surface area contributed by atoms with Crippen LogP contribution in [0, 0.1) is 18.3 Å². The lowest BCUT2D eigenvalue weighted by molar-refractivity contribution is -0.138. The minimum Gasteiger partial charge on any atom is -0.482 e. The van der Waals surface area contributed by atoms with E-state index in [1.807, 2.05) is 31.2 Å². The van der Waals surface area contributed by atoms with Gasteiger partial charge in [0.25, 0.3) is 0 Å². The van der Waals surface area contributed by atoms with Gasteiger partial charge in [0.1, 0.15) is 23.1 Å². The molecule has 0 bridgehead atoms. The van der Waals surface area contributed by atoms with E-state index in [-0.39, 0.29) is 30.5 Å². The van der Waals surface area contributed by atoms with Crippen LogP contribution in [0.1, 0.15) is 43.4 Å². The number of nitrogens with zero attached hydrogens (tertiary/aromatic N) is 1. The van der Waals surface area contributed by atoms with Gasteiger partial charge >= 0.3 is 11.9 Å². The van der Waals surface area contributed by atoms with Gasteiger partial charge in [0.05, 0.1) is 6.61 Å². The summed E-state index contributed by atoms with van der Waals surface area (Å²) >= 11 is 0. The lowest BCUT2D eigenvalue weighted by atomic mass is 10.0. The summed E-state index contributed by atoms with van der Waals surface area (Å²) in [7, 11) is 0. The molecule has 156 valence electrons. The molecule has 0 aromatic heterocycles. The lowest BCUT2D eigenvalue weighted by Gasteiger charge is -2.14. The Balaban J connectivity index is 2.07. The van der Waals surface area contributed by atoms with Gasteiger partial charge in [-0.2, -0.15) is 5.26 Å². The summed E-state index contributed by atoms with van der Waals surface area (Å²) < 4.78 is 15.9. The van der Waals surface area contributed by atoms with E-state index >= 15 is 0 Å². The number of benzene rings is 2. The van der Waals surface area contributed by atoms with Gasteiger partial charge in [-0.3, -0.25) is 0 Å². The molecule has 0 spiro atoms. The third kappa shape index (κ3) is 6.49. The Morgan fingerprint density at radius 1 is 1.17 bits per heavy atom. The highest BCUT2D eigenvalue weighted by molar-refractivity contribution is 5.97. The van der Waals surface area contributed by atoms with Crippen molar-refractivity contribution in [3.05, 3.63) is 64.7 Å². The number of aryl methyl sites for hydroxylation is 1. The van der Waals surface area contributed by atoms with Gasteiger partial charge in [0.2, 0.25) is 0 Å². The first-order valence-electron chi connectivity index (χ1n) is 9.67. The quantitative estimate of drug-likeness (QED) is 0.276. The molecule has 0 unspecified atom stereocenters. The second-order valence-electron chi connectivity index (χ2n) is 6.92. The van der Waals surface area contributed by atoms with Gasteiger partial charge in [-0.05, 0) is 60.7 Å². The van der Waals surface area contributed by atoms with Gasteiger partial charge in [-0.1, -0.05) is 38.1 Å². The molecule has 0 fully saturated rings. The first-order chi connectivity index (χ1) is 14.3. The molecule has 2 aromatic carbocycles. The molecule has 0 aliphatic heterocycles. The molecule has 0 N–H and O–H groups in total. The van der Waals surface area contributed by atoms with Crippen LogP contribution in [0.2, 0.25) is 0 Å². The summed E-state index contributed by atoms with van der Waals surface area (Å²) in [5.41, 5.74) is 2.46. The highest BCUT2D eigenvalue weighted by Gasteiger charge is 2.13. The molecule has 0 radical (unpaired) electrons. The van der Waals surface area contributed by atoms with E-state index < -0.39 is 11.9 Å². The molecule has 0 heterocycles. The second kappa shape index (κ2) is 10.8. The van der Waals surface area contributed by atoms with Crippen LogP contribution in [0.5, 0.6) is 11.5 Å². The Morgan fingerprint density at radius 3 is 2.60 bits per heavy atom. The highest BCUT2D eigenvalue weighted by Crippen LogP contribution is 2.27. The van der Waals surface area contributed by atoms with Crippen molar-refractivity contribution in [2.75, 3.05) is 13.2 Å². The monoisotopic (exact) mass is 407 g/mol. The van der Waals surface area contributed by atoms with Gasteiger partial charge in [-0.25, -0.2) is 9.59 Å². The number of nitriles is 1. The number of esters is 2. The number of carbonyl (C=O) groups excluding carboxylic acids is 2. The standard InChI is InChI=1S/C24H25NO5/c1-5-28-24(27)19(14-25)12-18-7-6-8-20(13-18)30-23(26)15-29-22-11-17(4)9-10-21(22)16(2)3/h6-13,16H,5,15H2,1-4H3/b19-12+. The van der Waals surface area contributed by atoms with Crippen LogP contribution in [0.4, 0.5) is 0 Å². The number of hydrogen-bond donors (Lipinski definition) is 0. The minimum atomic E-state index is -0.699. The fraction of sp³-hybridized carbons (Fsp3) is 0.292. The highest BCUT2D eigenvalue weighted by atomic mass is 16.6. The third-order valence-corrected chi connectivity index (χ3v) is 4.15. The molecule has 6 heteroatoms. The van der Waals surface area contributed by atoms with Crippen LogP contribution >= 0.6 is 0 Å². The van der Waals surface area contributed by atoms with Crippen molar-refractivity contribution in [3.63, 3.8) is 0 Å². The van der Waals surface area contributed by atoms with E-state index in [1.54, 1.807) is 31.2 Å². The Labute approximate surface area is 176 Å². The Bertz CT molecular complexity index is 985. The second-order valence-corrected chi connectivity index (χ2v) is 6.92. The summed E-state index contributed by atoms with van der Waals surface area (Å²) in [5, 5.41) is 9.14. The first kappa shape index (κ1) is 22.7. The molecule has 6 nitrogen and oxygen atoms in total. The predicted octanol–water partition coefficient (Wildman–Crippen LogP) is 4.57. The summed E-state index contributed by atoms with van der Waals surface area (Å²) in [6.07, 6.45) is 1.38. The molecule has 0 aliphatic rings. The zero-order valence-electron chi connectivity index (χ0n) is 17.6. The van der Waals surface area contributed by atoms with Crippen LogP contribution < -0.4 is 9.47 Å². The fourth-order valence-electron chi connectivity index (χ4n) is 2.72. The topological polar surface area (TPSA) is 85.6 Å². The van der Waals surface area contributed by atoms with E-state index in [9.17, 15) is 9.59 Å². The van der Waals surface area contributed by atoms with E-state index in [4.69, 9.17) is 19.5 Å². The molecule has 0 amide bonds. The third-order valence-electron chi connectivity index (χ3n) is 4.15. The molecule has 0 aliphatic carbocycles. The minimum absolute atomic E-state index is 0.135. The SMILES string of the molecule is CCOC(=O)/C(C#N)=C/c1cccc(OC(=O)COc2cc(C)ccc2C(C)C)c1. The van der Waals surface area contributed by atoms with Crippen LogP contribution in [0.3, 0.4) is 0 Å². The average Bonchev–Trinajstić information content (AvgIpc) is 2.70. The maximum Gasteiger partial charge on any atom is 0.349 e. The zero-order chi connectivity index (χ0) is 22.1. The van der Waals surface area contributed by atoms with Crippen molar-refractivity contribution in [3.8, 4) is 17.6 Å². The summed E-state index contributed by atoms with van der Waals surface area (Å²) in [6, 6.07) is 14.2. The maximum atomic E-state index is 12.2. The van der Waals surface area contributed by atoms with Crippen molar-refractivity contribution in [1.29, 1.82) is 5.26 Å². The summed E-state index contributed by atoms with van der Waals surface area (Å²) in [5.74, 6) is -0.0551. The Kier molecular flexibility index (Phi) is 8.18. The molecule has 2 rings (SSSR count). The Morgan fingerprint density at radius 2 is 1.93 bits per heavy atom. The summed E-state index contributed by atoms with van der Waals surface area (Å²) in [6.45, 7) is 7.67. The van der Waals surface area contributed by atoms with Crippen molar-refractivity contribution in [2.24, 2.45) is 0 Å². The molecule has 30 heavy (non-hydrogen) atoms. The van der Waals surface area contributed by atoms with Gasteiger partial charge in [0.15, 0.2) is 6.61 Å². The van der Waals surface area contributed by atoms with E-state index in [0.29, 0.717) is 11.3 Å². The van der Waals surface area contributed by atoms with E-state index in [0.717, 1.165) is 11.1 Å². The number of ether oxygens (including phenoxy) is 3. The molecule has 0 saturated carbocycles. The van der Waals surface area contributed by atoms with E-state index in [2.05, 4.69) is 13.8 Å². The van der Waals surface area contributed by atoms with Gasteiger partial charge in [0, 0.05) is 0 Å². The normalized spacial score (nSPS) is 11.0. The largest absolute Gasteiger partial charge is 0.482 e. The fourth-order valence-corrected chi connectivity index (χ4v) is 2.72. The molecule has 0 atom stereocenters. The summed E-state index contributed by atoms with van der Waals surface area (Å²) in [4.78, 5) is 24.0. The van der Waals surface area contributed by atoms with Crippen LogP contribution in [-0.4, -0.2) is 25.2 Å².